The zero-order valence-electron chi connectivity index (χ0n) is 34.2. The molecule has 0 aliphatic carbocycles. The molecule has 8 nitrogen and oxygen atoms in total. The van der Waals surface area contributed by atoms with Crippen LogP contribution in [0.25, 0.3) is 0 Å². The minimum Gasteiger partial charge on any atom is -0.377 e. The van der Waals surface area contributed by atoms with Crippen molar-refractivity contribution in [3.05, 3.63) is 35.4 Å². The first-order valence-corrected chi connectivity index (χ1v) is 22.2. The summed E-state index contributed by atoms with van der Waals surface area (Å²) in [4.78, 5) is 23.2. The van der Waals surface area contributed by atoms with E-state index in [1.807, 2.05) is 20.8 Å². The van der Waals surface area contributed by atoms with Crippen molar-refractivity contribution < 1.29 is 27.6 Å². The Bertz CT molecular complexity index is 1050. The number of carbonyl (C=O) groups is 1. The highest BCUT2D eigenvalue weighted by molar-refractivity contribution is 6.60. The minimum atomic E-state index is -2.49. The first-order valence-electron chi connectivity index (χ1n) is 20.3. The van der Waals surface area contributed by atoms with Crippen molar-refractivity contribution in [1.82, 2.24) is 9.96 Å². The van der Waals surface area contributed by atoms with Gasteiger partial charge in [-0.25, -0.2) is 0 Å². The van der Waals surface area contributed by atoms with E-state index in [9.17, 15) is 4.79 Å². The van der Waals surface area contributed by atoms with Gasteiger partial charge in [-0.2, -0.15) is 5.06 Å². The highest BCUT2D eigenvalue weighted by Gasteiger charge is 2.59. The fourth-order valence-electron chi connectivity index (χ4n) is 7.48. The van der Waals surface area contributed by atoms with Gasteiger partial charge in [-0.3, -0.25) is 9.63 Å². The van der Waals surface area contributed by atoms with E-state index in [1.165, 1.54) is 44.1 Å². The van der Waals surface area contributed by atoms with Crippen molar-refractivity contribution >= 4 is 14.7 Å². The third-order valence-electron chi connectivity index (χ3n) is 10.8. The second-order valence-electron chi connectivity index (χ2n) is 15.1. The van der Waals surface area contributed by atoms with Gasteiger partial charge < -0.3 is 22.9 Å². The van der Waals surface area contributed by atoms with Crippen LogP contribution in [0.5, 0.6) is 0 Å². The number of benzene rings is 1. The minimum absolute atomic E-state index is 0.176. The molecular weight excluding hydrogens is 645 g/mol. The molecule has 1 aromatic rings. The largest absolute Gasteiger partial charge is 0.500 e. The lowest BCUT2D eigenvalue weighted by atomic mass is 9.77. The second kappa shape index (κ2) is 22.0. The molecule has 2 rings (SSSR count). The fraction of sp³-hybridized carbons (Fsp3) is 0.829. The van der Waals surface area contributed by atoms with E-state index in [4.69, 9.17) is 22.9 Å². The highest BCUT2D eigenvalue weighted by atomic mass is 28.4. The predicted octanol–water partition coefficient (Wildman–Crippen LogP) is 10.4. The molecule has 1 fully saturated rings. The molecule has 1 atom stereocenters. The number of hydroxylamine groups is 2. The Labute approximate surface area is 308 Å². The van der Waals surface area contributed by atoms with E-state index in [1.54, 1.807) is 0 Å². The van der Waals surface area contributed by atoms with E-state index in [0.29, 0.717) is 45.8 Å². The molecule has 50 heavy (non-hydrogen) atoms. The molecule has 1 aliphatic heterocycles. The molecule has 1 amide bonds. The quantitative estimate of drug-likeness (QED) is 0.0697. The summed E-state index contributed by atoms with van der Waals surface area (Å²) < 4.78 is 24.0. The van der Waals surface area contributed by atoms with Crippen molar-refractivity contribution in [1.29, 1.82) is 0 Å². The van der Waals surface area contributed by atoms with Crippen LogP contribution in [0.2, 0.25) is 6.04 Å². The molecule has 1 aliphatic rings. The van der Waals surface area contributed by atoms with Gasteiger partial charge in [0.25, 0.3) is 0 Å². The number of carbonyl (C=O) groups excluding carboxylic acids is 1. The molecule has 0 aromatic heterocycles. The number of piperazine rings is 1. The molecule has 0 spiro atoms. The Hall–Kier alpha value is -1.33. The molecule has 1 aromatic carbocycles. The summed E-state index contributed by atoms with van der Waals surface area (Å²) in [5.74, 6) is 0.185. The third-order valence-corrected chi connectivity index (χ3v) is 14.0. The number of unbranched alkanes of at least 4 members (excludes halogenated alkanes) is 7. The molecule has 290 valence electrons. The van der Waals surface area contributed by atoms with Crippen molar-refractivity contribution in [3.63, 3.8) is 0 Å². The Kier molecular flexibility index (Phi) is 19.7. The number of hydrogen-bond donors (Lipinski definition) is 0. The first-order chi connectivity index (χ1) is 23.9. The van der Waals surface area contributed by atoms with Crippen LogP contribution in [0.3, 0.4) is 0 Å². The normalized spacial score (nSPS) is 17.4. The number of nitrogens with zero attached hydrogens (tertiary/aromatic N) is 2. The first kappa shape index (κ1) is 44.8. The van der Waals surface area contributed by atoms with E-state index >= 15 is 0 Å². The smallest absolute Gasteiger partial charge is 0.377 e. The fourth-order valence-corrected chi connectivity index (χ4v) is 10.2. The molecule has 1 heterocycles. The van der Waals surface area contributed by atoms with Crippen molar-refractivity contribution in [2.45, 2.75) is 189 Å². The van der Waals surface area contributed by atoms with Gasteiger partial charge in [-0.15, -0.1) is 0 Å². The maximum absolute atomic E-state index is 14.2. The third kappa shape index (κ3) is 12.1. The number of hydrogen-bond acceptors (Lipinski definition) is 7. The van der Waals surface area contributed by atoms with E-state index in [0.717, 1.165) is 43.9 Å². The van der Waals surface area contributed by atoms with E-state index < -0.39 is 14.3 Å². The lowest BCUT2D eigenvalue weighted by molar-refractivity contribution is -0.320. The molecule has 1 unspecified atom stereocenters. The molecule has 9 heteroatoms. The monoisotopic (exact) mass is 721 g/mol. The van der Waals surface area contributed by atoms with Crippen LogP contribution in [0.1, 0.15) is 170 Å². The topological polar surface area (TPSA) is 69.7 Å². The highest BCUT2D eigenvalue weighted by Crippen LogP contribution is 2.45. The number of amides is 1. The molecule has 0 N–H and O–H groups in total. The average Bonchev–Trinajstić information content (AvgIpc) is 3.09. The Balaban J connectivity index is 1.78. The maximum Gasteiger partial charge on any atom is 0.500 e. The average molecular weight is 721 g/mol. The van der Waals surface area contributed by atoms with Crippen LogP contribution < -0.4 is 0 Å². The summed E-state index contributed by atoms with van der Waals surface area (Å²) >= 11 is 0. The summed E-state index contributed by atoms with van der Waals surface area (Å²) in [6, 6.07) is 9.54. The van der Waals surface area contributed by atoms with Gasteiger partial charge in [0, 0.05) is 44.6 Å². The van der Waals surface area contributed by atoms with Crippen LogP contribution in [0.15, 0.2) is 24.3 Å². The van der Waals surface area contributed by atoms with E-state index in [2.05, 4.69) is 89.6 Å². The second-order valence-corrected chi connectivity index (χ2v) is 17.9. The van der Waals surface area contributed by atoms with Gasteiger partial charge >= 0.3 is 8.80 Å². The Morgan fingerprint density at radius 2 is 1.24 bits per heavy atom. The van der Waals surface area contributed by atoms with Crippen molar-refractivity contribution in [3.8, 4) is 0 Å². The number of ether oxygens (including phenoxy) is 1. The predicted molar refractivity (Wildman–Crippen MR) is 208 cm³/mol. The zero-order valence-corrected chi connectivity index (χ0v) is 35.2. The lowest BCUT2D eigenvalue weighted by Crippen LogP contribution is -2.76. The standard InChI is InChI=1S/C41H76N2O6Si/c1-12-40(13-2)34-42(39(9,10)11)38(44)41(14-3,15-4)43(40)49-35(8)37-29-27-36(28-30-37)33-45-31-25-23-21-19-20-22-24-26-32-50(46-16-5,47-17-6)48-18-7/h27-30,35H,12-26,31-34H2,1-11H3. The summed E-state index contributed by atoms with van der Waals surface area (Å²) in [5.41, 5.74) is 1.11. The molecule has 0 radical (unpaired) electrons. The van der Waals surface area contributed by atoms with Gasteiger partial charge in [0.05, 0.1) is 12.1 Å². The van der Waals surface area contributed by atoms with Crippen LogP contribution in [0, 0.1) is 0 Å². The van der Waals surface area contributed by atoms with E-state index in [-0.39, 0.29) is 23.1 Å². The van der Waals surface area contributed by atoms with Gasteiger partial charge in [0.15, 0.2) is 0 Å². The SMILES string of the molecule is CCO[Si](CCCCCCCCCCOCc1ccc(C(C)ON2C(CC)(CC)CN(C(C)(C)C)C(=O)C2(CC)CC)cc1)(OCC)OCC. The Morgan fingerprint density at radius 3 is 1.70 bits per heavy atom. The Morgan fingerprint density at radius 1 is 0.740 bits per heavy atom. The molecular formula is C41H76N2O6Si. The van der Waals surface area contributed by atoms with Gasteiger partial charge in [0.2, 0.25) is 5.91 Å². The molecule has 0 saturated carbocycles. The van der Waals surface area contributed by atoms with Gasteiger partial charge in [-0.05, 0) is 98.1 Å². The maximum atomic E-state index is 14.2. The van der Waals surface area contributed by atoms with Crippen LogP contribution in [0.4, 0.5) is 0 Å². The van der Waals surface area contributed by atoms with Crippen LogP contribution >= 0.6 is 0 Å². The zero-order chi connectivity index (χ0) is 37.3. The summed E-state index contributed by atoms with van der Waals surface area (Å²) in [7, 11) is -2.49. The molecule has 1 saturated heterocycles. The summed E-state index contributed by atoms with van der Waals surface area (Å²) in [6.07, 6.45) is 12.8. The van der Waals surface area contributed by atoms with Crippen LogP contribution in [-0.2, 0) is 34.3 Å². The van der Waals surface area contributed by atoms with Crippen molar-refractivity contribution in [2.24, 2.45) is 0 Å². The lowest BCUT2D eigenvalue weighted by Gasteiger charge is -2.61. The van der Waals surface area contributed by atoms with Crippen LogP contribution in [-0.4, -0.2) is 74.3 Å². The summed E-state index contributed by atoms with van der Waals surface area (Å²) in [6.45, 7) is 27.4. The van der Waals surface area contributed by atoms with Crippen molar-refractivity contribution in [2.75, 3.05) is 33.0 Å². The molecule has 0 bridgehead atoms. The van der Waals surface area contributed by atoms with Gasteiger partial charge in [0.1, 0.15) is 11.6 Å². The summed E-state index contributed by atoms with van der Waals surface area (Å²) in [5, 5.41) is 2.15. The number of rotatable bonds is 26. The van der Waals surface area contributed by atoms with Gasteiger partial charge in [-0.1, -0.05) is 90.5 Å².